The third-order valence-corrected chi connectivity index (χ3v) is 22.0. The molecule has 4 saturated carbocycles. The van der Waals surface area contributed by atoms with Crippen LogP contribution in [0.2, 0.25) is 0 Å². The number of rotatable bonds is 30. The van der Waals surface area contributed by atoms with Crippen LogP contribution in [0.4, 0.5) is 15.6 Å². The molecule has 5 fully saturated rings. The standard InChI is InChI=1S/C76H87N9O19S2/c1-46-36-49(17-8-5-6-9-18-50(46)67(93)82-71-81-54-19-11-12-20-57(54)105-71)53-24-23-51(62(80-53)68(94)95)52-38-78-85(47(52)2)45-76-42-73(3)39-74(4,43-76)41-75(40-73,44-76)29-15-31-83(33-35-106(99,100)101)72(98)102-34-14-16-48-22-25-56(103-70-65(92)63(90)64(91)66(104-70)69(96)97)55(37-48)79-59(87)28-30-77-58(86)21-10-7-13-32-84-60(88)26-27-61(84)89/h6,8-9,11-12,14,16-20,22-27,36-38,63-66,70,90-92H,1,5,7,10,13,15,21,28-35,39-45H2,2-4H3,(H,77,86)(H,79,87)(H,94,95)(H,96,97)(H,81,82,93)(H,99,100,101)/b9-6-,16-14+,17-8-,49-36+,50-18+/t63-,64-,65+,66-,70+,73?,74?,75?,76?/m0/s1. The molecule has 7 aliphatic rings. The summed E-state index contributed by atoms with van der Waals surface area (Å²) in [6, 6.07) is 15.3. The quantitative estimate of drug-likeness (QED) is 0.0118. The highest BCUT2D eigenvalue weighted by Gasteiger charge is 2.65. The average molecular weight is 1490 g/mol. The number of fused-ring (bicyclic) bond motifs is 1. The fourth-order valence-electron chi connectivity index (χ4n) is 16.9. The molecule has 7 atom stereocenters. The zero-order valence-electron chi connectivity index (χ0n) is 59.0. The summed E-state index contributed by atoms with van der Waals surface area (Å²) < 4.78 is 53.9. The largest absolute Gasteiger partial charge is 0.479 e. The Bertz CT molecular complexity index is 4520. The Morgan fingerprint density at radius 1 is 0.821 bits per heavy atom. The molecular weight excluding hydrogens is 1410 g/mol. The van der Waals surface area contributed by atoms with Gasteiger partial charge in [0, 0.05) is 85.7 Å². The van der Waals surface area contributed by atoms with Crippen LogP contribution < -0.4 is 20.7 Å². The van der Waals surface area contributed by atoms with Gasteiger partial charge in [0.15, 0.2) is 16.9 Å². The summed E-state index contributed by atoms with van der Waals surface area (Å²) >= 11 is 1.35. The highest BCUT2D eigenvalue weighted by atomic mass is 32.2. The number of carbonyl (C=O) groups is 8. The van der Waals surface area contributed by atoms with Gasteiger partial charge in [0.2, 0.25) is 18.1 Å². The number of ether oxygens (including phenoxy) is 3. The van der Waals surface area contributed by atoms with Crippen LogP contribution in [0, 0.1) is 28.6 Å². The van der Waals surface area contributed by atoms with Crippen molar-refractivity contribution >= 4 is 102 Å². The van der Waals surface area contributed by atoms with Crippen molar-refractivity contribution in [3.8, 4) is 16.9 Å². The second-order valence-corrected chi connectivity index (χ2v) is 31.8. The Morgan fingerprint density at radius 3 is 2.29 bits per heavy atom. The van der Waals surface area contributed by atoms with Gasteiger partial charge in [-0.15, -0.1) is 0 Å². The van der Waals surface area contributed by atoms with Crippen molar-refractivity contribution in [3.05, 3.63) is 156 Å². The molecule has 562 valence electrons. The first-order valence-electron chi connectivity index (χ1n) is 35.1. The number of imide groups is 1. The molecule has 6 amide bonds. The van der Waals surface area contributed by atoms with Gasteiger partial charge < -0.3 is 55.3 Å². The minimum atomic E-state index is -4.52. The summed E-state index contributed by atoms with van der Waals surface area (Å²) in [5, 5.41) is 65.6. The van der Waals surface area contributed by atoms with Crippen LogP contribution in [0.5, 0.6) is 5.75 Å². The number of anilines is 2. The maximum absolute atomic E-state index is 13.9. The van der Waals surface area contributed by atoms with Crippen molar-refractivity contribution in [3.63, 3.8) is 0 Å². The fraction of sp³-hybridized carbons (Fsp3) is 0.434. The number of aliphatic carboxylic acids is 1. The minimum Gasteiger partial charge on any atom is -0.479 e. The number of nitrogens with one attached hydrogen (secondary N) is 3. The van der Waals surface area contributed by atoms with Gasteiger partial charge in [0.05, 0.1) is 33.5 Å². The highest BCUT2D eigenvalue weighted by molar-refractivity contribution is 7.85. The van der Waals surface area contributed by atoms with Crippen molar-refractivity contribution < 1.29 is 91.1 Å². The molecule has 28 nitrogen and oxygen atoms in total. The van der Waals surface area contributed by atoms with E-state index in [1.165, 1.54) is 58.7 Å². The van der Waals surface area contributed by atoms with E-state index in [1.54, 1.807) is 36.6 Å². The number of thiazole rings is 1. The molecule has 30 heteroatoms. The molecule has 9 N–H and O–H groups in total. The molecule has 4 bridgehead atoms. The van der Waals surface area contributed by atoms with E-state index in [0.29, 0.717) is 83.7 Å². The first-order chi connectivity index (χ1) is 50.4. The number of allylic oxidation sites excluding steroid dienone is 7. The zero-order valence-corrected chi connectivity index (χ0v) is 60.6. The third-order valence-electron chi connectivity index (χ3n) is 20.3. The summed E-state index contributed by atoms with van der Waals surface area (Å²) in [6.07, 6.45) is 15.9. The van der Waals surface area contributed by atoms with Crippen molar-refractivity contribution in [1.82, 2.24) is 34.9 Å². The van der Waals surface area contributed by atoms with Gasteiger partial charge in [-0.3, -0.25) is 43.4 Å². The molecule has 2 unspecified atom stereocenters. The zero-order chi connectivity index (χ0) is 75.9. The number of aromatic carboxylic acids is 1. The molecule has 1 saturated heterocycles. The minimum absolute atomic E-state index is 0.0365. The van der Waals surface area contributed by atoms with Gasteiger partial charge in [0.1, 0.15) is 30.7 Å². The number of unbranched alkanes of at least 4 members (excludes halogenated alkanes) is 2. The number of carbonyl (C=O) groups excluding carboxylic acids is 6. The van der Waals surface area contributed by atoms with Gasteiger partial charge in [0.25, 0.3) is 27.8 Å². The number of nitrogens with zero attached hydrogens (tertiary/aromatic N) is 6. The van der Waals surface area contributed by atoms with E-state index in [9.17, 15) is 76.9 Å². The Hall–Kier alpha value is -9.82. The monoisotopic (exact) mass is 1490 g/mol. The van der Waals surface area contributed by atoms with Gasteiger partial charge in [-0.05, 0) is 165 Å². The van der Waals surface area contributed by atoms with Crippen LogP contribution in [0.3, 0.4) is 0 Å². The molecule has 5 aliphatic carbocycles. The lowest BCUT2D eigenvalue weighted by Gasteiger charge is -2.70. The molecule has 2 aliphatic heterocycles. The lowest BCUT2D eigenvalue weighted by atomic mass is 9.35. The second kappa shape index (κ2) is 32.5. The van der Waals surface area contributed by atoms with Crippen LogP contribution in [0.15, 0.2) is 133 Å². The third kappa shape index (κ3) is 18.7. The molecule has 106 heavy (non-hydrogen) atoms. The van der Waals surface area contributed by atoms with Crippen LogP contribution in [-0.4, -0.2) is 185 Å². The number of para-hydroxylation sites is 1. The van der Waals surface area contributed by atoms with Crippen molar-refractivity contribution in [2.75, 3.05) is 49.2 Å². The predicted molar refractivity (Wildman–Crippen MR) is 392 cm³/mol. The number of hydrogen-bond acceptors (Lipinski definition) is 20. The molecule has 12 rings (SSSR count). The molecule has 5 aromatic rings. The number of amides is 6. The lowest BCUT2D eigenvalue weighted by molar-refractivity contribution is -0.271. The van der Waals surface area contributed by atoms with Crippen LogP contribution >= 0.6 is 11.3 Å². The fourth-order valence-corrected chi connectivity index (χ4v) is 18.2. The molecule has 2 aromatic carbocycles. The van der Waals surface area contributed by atoms with E-state index in [-0.39, 0.29) is 108 Å². The summed E-state index contributed by atoms with van der Waals surface area (Å²) in [6.45, 7) is 11.0. The van der Waals surface area contributed by atoms with E-state index in [4.69, 9.17) is 24.3 Å². The summed E-state index contributed by atoms with van der Waals surface area (Å²) in [4.78, 5) is 114. The van der Waals surface area contributed by atoms with Gasteiger partial charge in [-0.2, -0.15) is 13.5 Å². The number of hydrogen-bond donors (Lipinski definition) is 9. The Labute approximate surface area is 616 Å². The molecule has 0 spiro atoms. The number of aliphatic hydroxyl groups is 3. The number of carboxylic acids is 2. The maximum Gasteiger partial charge on any atom is 0.410 e. The number of benzene rings is 2. The Kier molecular flexibility index (Phi) is 23.7. The highest BCUT2D eigenvalue weighted by Crippen LogP contribution is 2.75. The van der Waals surface area contributed by atoms with Crippen molar-refractivity contribution in [2.45, 2.75) is 148 Å². The first-order valence-corrected chi connectivity index (χ1v) is 37.6. The summed E-state index contributed by atoms with van der Waals surface area (Å²) in [5.41, 5.74) is 3.82. The van der Waals surface area contributed by atoms with Crippen LogP contribution in [-0.2, 0) is 54.9 Å². The van der Waals surface area contributed by atoms with E-state index in [1.807, 2.05) is 54.1 Å². The number of carboxylic acid groups (broad SMARTS) is 2. The Morgan fingerprint density at radius 2 is 1.57 bits per heavy atom. The average Bonchev–Trinajstić information content (AvgIpc) is 0.764. The van der Waals surface area contributed by atoms with Crippen LogP contribution in [0.25, 0.3) is 33.0 Å². The van der Waals surface area contributed by atoms with E-state index < -0.39 is 76.4 Å². The van der Waals surface area contributed by atoms with Gasteiger partial charge in [-0.25, -0.2) is 24.4 Å². The SMILES string of the molecule is C=C1/C=C(c2ccc(-c3cnn(CC45CC6(C)CC(C)(CC(CCCN(CCS(=O)(=O)O)C(=O)OC/C=C/c7ccc(O[C@@H]8O[C@H](C(=O)O)[C@@H](O)[C@H](O)[C@H]8O)c(NC(=O)CCNC(=O)CCCCCN8C(=O)C=CC8=O)c7)(C6)C4)C5)c3C)c(C(=O)O)n2)\C=C/C/C=C\C=C/1C(=O)Nc1nc2ccccc2s1. The van der Waals surface area contributed by atoms with E-state index >= 15 is 0 Å². The lowest BCUT2D eigenvalue weighted by Crippen LogP contribution is -2.61. The van der Waals surface area contributed by atoms with Gasteiger partial charge >= 0.3 is 18.0 Å². The second-order valence-electron chi connectivity index (χ2n) is 29.2. The number of aromatic nitrogens is 4. The van der Waals surface area contributed by atoms with Crippen LogP contribution in [0.1, 0.15) is 131 Å². The number of aliphatic hydroxyl groups excluding tert-OH is 3. The van der Waals surface area contributed by atoms with Crippen molar-refractivity contribution in [2.24, 2.45) is 21.7 Å². The summed E-state index contributed by atoms with van der Waals surface area (Å²) in [7, 11) is -4.52. The first kappa shape index (κ1) is 77.3. The molecule has 5 heterocycles. The van der Waals surface area contributed by atoms with Crippen molar-refractivity contribution in [1.29, 1.82) is 0 Å². The van der Waals surface area contributed by atoms with E-state index in [2.05, 4.69) is 41.4 Å². The molecule has 3 aromatic heterocycles. The normalized spacial score (nSPS) is 26.4. The summed E-state index contributed by atoms with van der Waals surface area (Å²) in [5.74, 6) is -5.97. The topological polar surface area (TPSA) is 406 Å². The Balaban J connectivity index is 0.729. The van der Waals surface area contributed by atoms with Gasteiger partial charge in [-0.1, -0.05) is 86.8 Å². The molecule has 0 radical (unpaired) electrons. The molecular formula is C76H87N9O19S2. The smallest absolute Gasteiger partial charge is 0.410 e. The predicted octanol–water partition coefficient (Wildman–Crippen LogP) is 8.97. The maximum atomic E-state index is 13.9. The van der Waals surface area contributed by atoms with E-state index in [0.717, 1.165) is 59.3 Å². The number of pyridine rings is 1.